The minimum Gasteiger partial charge on any atom is -0.495 e. The Balaban J connectivity index is 2.18. The Morgan fingerprint density at radius 3 is 2.76 bits per heavy atom. The van der Waals surface area contributed by atoms with E-state index in [-0.39, 0.29) is 12.6 Å². The molecule has 0 radical (unpaired) electrons. The average Bonchev–Trinajstić information content (AvgIpc) is 2.90. The molecule has 1 aromatic heterocycles. The third kappa shape index (κ3) is 2.78. The Kier molecular flexibility index (Phi) is 4.01. The van der Waals surface area contributed by atoms with E-state index >= 15 is 0 Å². The van der Waals surface area contributed by atoms with Gasteiger partial charge in [-0.05, 0) is 23.6 Å². The van der Waals surface area contributed by atoms with Gasteiger partial charge in [-0.15, -0.1) is 11.3 Å². The summed E-state index contributed by atoms with van der Waals surface area (Å²) in [6.45, 7) is 0.0541. The summed E-state index contributed by atoms with van der Waals surface area (Å²) in [5, 5.41) is 14.7. The van der Waals surface area contributed by atoms with E-state index < -0.39 is 0 Å². The SMILES string of the molecule is COc1ccccc1NC(CO)c1cccs1. The van der Waals surface area contributed by atoms with Gasteiger partial charge in [-0.25, -0.2) is 0 Å². The maximum absolute atomic E-state index is 9.43. The minimum atomic E-state index is -0.0914. The molecule has 2 N–H and O–H groups in total. The van der Waals surface area contributed by atoms with Crippen molar-refractivity contribution in [2.45, 2.75) is 6.04 Å². The molecule has 0 aliphatic carbocycles. The fourth-order valence-electron chi connectivity index (χ4n) is 1.65. The van der Waals surface area contributed by atoms with E-state index in [1.165, 1.54) is 0 Å². The summed E-state index contributed by atoms with van der Waals surface area (Å²) >= 11 is 1.62. The molecule has 0 spiro atoms. The third-order valence-electron chi connectivity index (χ3n) is 2.51. The van der Waals surface area contributed by atoms with Crippen molar-refractivity contribution in [3.05, 3.63) is 46.7 Å². The number of anilines is 1. The van der Waals surface area contributed by atoms with E-state index in [4.69, 9.17) is 4.74 Å². The molecular formula is C13H15NO2S. The first kappa shape index (κ1) is 12.0. The highest BCUT2D eigenvalue weighted by atomic mass is 32.1. The number of aliphatic hydroxyl groups excluding tert-OH is 1. The molecule has 0 saturated heterocycles. The number of nitrogens with one attached hydrogen (secondary N) is 1. The van der Waals surface area contributed by atoms with Gasteiger partial charge in [-0.3, -0.25) is 0 Å². The number of thiophene rings is 1. The first-order chi connectivity index (χ1) is 8.35. The summed E-state index contributed by atoms with van der Waals surface area (Å²) in [7, 11) is 1.64. The van der Waals surface area contributed by atoms with Crippen LogP contribution in [0.3, 0.4) is 0 Å². The second kappa shape index (κ2) is 5.70. The molecular weight excluding hydrogens is 234 g/mol. The van der Waals surface area contributed by atoms with Crippen LogP contribution in [0, 0.1) is 0 Å². The first-order valence-corrected chi connectivity index (χ1v) is 6.27. The second-order valence-electron chi connectivity index (χ2n) is 3.60. The van der Waals surface area contributed by atoms with Gasteiger partial charge < -0.3 is 15.2 Å². The third-order valence-corrected chi connectivity index (χ3v) is 3.49. The standard InChI is InChI=1S/C13H15NO2S/c1-16-12-6-3-2-5-10(12)14-11(9-15)13-7-4-8-17-13/h2-8,11,14-15H,9H2,1H3. The molecule has 1 aromatic carbocycles. The van der Waals surface area contributed by atoms with Crippen molar-refractivity contribution in [1.82, 2.24) is 0 Å². The van der Waals surface area contributed by atoms with Gasteiger partial charge in [0.2, 0.25) is 0 Å². The van der Waals surface area contributed by atoms with Crippen molar-refractivity contribution < 1.29 is 9.84 Å². The largest absolute Gasteiger partial charge is 0.495 e. The molecule has 0 aliphatic rings. The first-order valence-electron chi connectivity index (χ1n) is 5.39. The Morgan fingerprint density at radius 2 is 2.12 bits per heavy atom. The number of ether oxygens (including phenoxy) is 1. The number of rotatable bonds is 5. The van der Waals surface area contributed by atoms with E-state index in [1.807, 2.05) is 41.8 Å². The van der Waals surface area contributed by atoms with Crippen molar-refractivity contribution in [3.8, 4) is 5.75 Å². The second-order valence-corrected chi connectivity index (χ2v) is 4.57. The number of hydrogen-bond acceptors (Lipinski definition) is 4. The summed E-state index contributed by atoms with van der Waals surface area (Å²) < 4.78 is 5.27. The quantitative estimate of drug-likeness (QED) is 0.856. The Hall–Kier alpha value is -1.52. The van der Waals surface area contributed by atoms with Gasteiger partial charge in [0.1, 0.15) is 5.75 Å². The van der Waals surface area contributed by atoms with Crippen LogP contribution in [-0.4, -0.2) is 18.8 Å². The lowest BCUT2D eigenvalue weighted by atomic mass is 10.2. The lowest BCUT2D eigenvalue weighted by Gasteiger charge is -2.18. The van der Waals surface area contributed by atoms with Crippen LogP contribution >= 0.6 is 11.3 Å². The normalized spacial score (nSPS) is 12.1. The van der Waals surface area contributed by atoms with Gasteiger partial charge in [0.05, 0.1) is 25.4 Å². The molecule has 0 bridgehead atoms. The molecule has 1 unspecified atom stereocenters. The van der Waals surface area contributed by atoms with E-state index in [0.29, 0.717) is 0 Å². The summed E-state index contributed by atoms with van der Waals surface area (Å²) in [4.78, 5) is 1.11. The van der Waals surface area contributed by atoms with Crippen molar-refractivity contribution >= 4 is 17.0 Å². The van der Waals surface area contributed by atoms with Gasteiger partial charge >= 0.3 is 0 Å². The Morgan fingerprint density at radius 1 is 1.29 bits per heavy atom. The van der Waals surface area contributed by atoms with Crippen LogP contribution in [0.25, 0.3) is 0 Å². The van der Waals surface area contributed by atoms with Crippen LogP contribution in [-0.2, 0) is 0 Å². The van der Waals surface area contributed by atoms with Gasteiger partial charge in [-0.2, -0.15) is 0 Å². The molecule has 1 atom stereocenters. The lowest BCUT2D eigenvalue weighted by Crippen LogP contribution is -2.13. The van der Waals surface area contributed by atoms with Gasteiger partial charge in [0.25, 0.3) is 0 Å². The molecule has 0 fully saturated rings. The molecule has 90 valence electrons. The van der Waals surface area contributed by atoms with Crippen molar-refractivity contribution in [1.29, 1.82) is 0 Å². The van der Waals surface area contributed by atoms with Gasteiger partial charge in [-0.1, -0.05) is 18.2 Å². The topological polar surface area (TPSA) is 41.5 Å². The van der Waals surface area contributed by atoms with E-state index in [9.17, 15) is 5.11 Å². The molecule has 2 aromatic rings. The number of methoxy groups -OCH3 is 1. The molecule has 4 heteroatoms. The van der Waals surface area contributed by atoms with Crippen LogP contribution in [0.2, 0.25) is 0 Å². The number of benzene rings is 1. The van der Waals surface area contributed by atoms with Gasteiger partial charge in [0.15, 0.2) is 0 Å². The summed E-state index contributed by atoms with van der Waals surface area (Å²) in [5.41, 5.74) is 0.891. The highest BCUT2D eigenvalue weighted by Gasteiger charge is 2.12. The minimum absolute atomic E-state index is 0.0541. The zero-order valence-corrected chi connectivity index (χ0v) is 10.4. The molecule has 0 saturated carbocycles. The van der Waals surface area contributed by atoms with Crippen molar-refractivity contribution in [2.24, 2.45) is 0 Å². The number of para-hydroxylation sites is 2. The molecule has 2 rings (SSSR count). The zero-order valence-electron chi connectivity index (χ0n) is 9.59. The molecule has 3 nitrogen and oxygen atoms in total. The fourth-order valence-corrected chi connectivity index (χ4v) is 2.42. The Labute approximate surface area is 105 Å². The zero-order chi connectivity index (χ0) is 12.1. The number of hydrogen-bond donors (Lipinski definition) is 2. The van der Waals surface area contributed by atoms with E-state index in [1.54, 1.807) is 18.4 Å². The molecule has 17 heavy (non-hydrogen) atoms. The maximum Gasteiger partial charge on any atom is 0.141 e. The molecule has 0 amide bonds. The van der Waals surface area contributed by atoms with Crippen molar-refractivity contribution in [3.63, 3.8) is 0 Å². The fraction of sp³-hybridized carbons (Fsp3) is 0.231. The summed E-state index contributed by atoms with van der Waals surface area (Å²) in [6.07, 6.45) is 0. The average molecular weight is 249 g/mol. The predicted octanol–water partition coefficient (Wildman–Crippen LogP) is 2.90. The van der Waals surface area contributed by atoms with Crippen LogP contribution in [0.1, 0.15) is 10.9 Å². The van der Waals surface area contributed by atoms with E-state index in [2.05, 4.69) is 5.32 Å². The summed E-state index contributed by atoms with van der Waals surface area (Å²) in [5.74, 6) is 0.780. The van der Waals surface area contributed by atoms with Crippen LogP contribution in [0.15, 0.2) is 41.8 Å². The van der Waals surface area contributed by atoms with Crippen LogP contribution < -0.4 is 10.1 Å². The molecule has 1 heterocycles. The van der Waals surface area contributed by atoms with Gasteiger partial charge in [0, 0.05) is 4.88 Å². The van der Waals surface area contributed by atoms with Crippen LogP contribution in [0.4, 0.5) is 5.69 Å². The highest BCUT2D eigenvalue weighted by Crippen LogP contribution is 2.29. The van der Waals surface area contributed by atoms with Crippen LogP contribution in [0.5, 0.6) is 5.75 Å². The summed E-state index contributed by atoms with van der Waals surface area (Å²) in [6, 6.07) is 11.6. The molecule has 0 aliphatic heterocycles. The number of aliphatic hydroxyl groups is 1. The highest BCUT2D eigenvalue weighted by molar-refractivity contribution is 7.10. The predicted molar refractivity (Wildman–Crippen MR) is 70.8 cm³/mol. The smallest absolute Gasteiger partial charge is 0.141 e. The lowest BCUT2D eigenvalue weighted by molar-refractivity contribution is 0.277. The Bertz CT molecular complexity index is 456. The maximum atomic E-state index is 9.43. The van der Waals surface area contributed by atoms with Crippen molar-refractivity contribution in [2.75, 3.05) is 19.0 Å². The monoisotopic (exact) mass is 249 g/mol. The van der Waals surface area contributed by atoms with E-state index in [0.717, 1.165) is 16.3 Å².